The summed E-state index contributed by atoms with van der Waals surface area (Å²) in [5, 5.41) is 11.5. The number of unbranched alkanes of at least 4 members (excludes halogenated alkanes) is 5. The third-order valence-corrected chi connectivity index (χ3v) is 5.08. The minimum absolute atomic E-state index is 0.136. The normalized spacial score (nSPS) is 30.2. The third kappa shape index (κ3) is 5.40. The Morgan fingerprint density at radius 3 is 2.84 bits per heavy atom. The molecule has 5 nitrogen and oxygen atoms in total. The maximum atomic E-state index is 11.5. The van der Waals surface area contributed by atoms with E-state index in [0.717, 1.165) is 6.42 Å². The molecule has 0 saturated carbocycles. The highest BCUT2D eigenvalue weighted by molar-refractivity contribution is 5.09. The first-order valence-electron chi connectivity index (χ1n) is 9.61. The zero-order chi connectivity index (χ0) is 18.1. The van der Waals surface area contributed by atoms with Crippen molar-refractivity contribution in [3.63, 3.8) is 0 Å². The van der Waals surface area contributed by atoms with Gasteiger partial charge in [0.15, 0.2) is 0 Å². The van der Waals surface area contributed by atoms with E-state index >= 15 is 0 Å². The molecule has 2 heterocycles. The number of hydrogen-bond acceptors (Lipinski definition) is 4. The SMILES string of the molecule is CCCCCCCC=C[C@@H]1OC[C@H](C)[C@H](OC)[C@@]1(O)Cn1ccnc1. The van der Waals surface area contributed by atoms with Gasteiger partial charge in [-0.2, -0.15) is 0 Å². The Kier molecular flexibility index (Phi) is 8.13. The molecule has 0 unspecified atom stereocenters. The number of rotatable bonds is 10. The topological polar surface area (TPSA) is 56.5 Å². The van der Waals surface area contributed by atoms with Crippen LogP contribution in [0.1, 0.15) is 52.4 Å². The van der Waals surface area contributed by atoms with Gasteiger partial charge in [0, 0.05) is 25.4 Å². The molecule has 25 heavy (non-hydrogen) atoms. The number of ether oxygens (including phenoxy) is 2. The Morgan fingerprint density at radius 2 is 2.16 bits per heavy atom. The summed E-state index contributed by atoms with van der Waals surface area (Å²) < 4.78 is 13.5. The predicted molar refractivity (Wildman–Crippen MR) is 99.4 cm³/mol. The highest BCUT2D eigenvalue weighted by Gasteiger charge is 2.50. The van der Waals surface area contributed by atoms with Gasteiger partial charge in [-0.15, -0.1) is 0 Å². The van der Waals surface area contributed by atoms with E-state index in [1.54, 1.807) is 19.6 Å². The lowest BCUT2D eigenvalue weighted by Gasteiger charge is -2.46. The molecule has 1 aliphatic heterocycles. The van der Waals surface area contributed by atoms with Crippen LogP contribution in [0.5, 0.6) is 0 Å². The van der Waals surface area contributed by atoms with E-state index in [2.05, 4.69) is 24.9 Å². The van der Waals surface area contributed by atoms with E-state index in [-0.39, 0.29) is 18.1 Å². The molecule has 5 heteroatoms. The van der Waals surface area contributed by atoms with Gasteiger partial charge < -0.3 is 19.1 Å². The van der Waals surface area contributed by atoms with Crippen molar-refractivity contribution in [1.82, 2.24) is 9.55 Å². The van der Waals surface area contributed by atoms with Crippen LogP contribution in [0.25, 0.3) is 0 Å². The fourth-order valence-electron chi connectivity index (χ4n) is 3.74. The first-order valence-corrected chi connectivity index (χ1v) is 9.61. The van der Waals surface area contributed by atoms with Crippen LogP contribution < -0.4 is 0 Å². The van der Waals surface area contributed by atoms with Gasteiger partial charge in [-0.25, -0.2) is 4.98 Å². The quantitative estimate of drug-likeness (QED) is 0.518. The van der Waals surface area contributed by atoms with Crippen molar-refractivity contribution in [2.75, 3.05) is 13.7 Å². The summed E-state index contributed by atoms with van der Waals surface area (Å²) in [7, 11) is 1.67. The highest BCUT2D eigenvalue weighted by atomic mass is 16.5. The molecule has 1 fully saturated rings. The first-order chi connectivity index (χ1) is 12.1. The average molecular weight is 351 g/mol. The minimum atomic E-state index is -1.11. The second kappa shape index (κ2) is 10.1. The molecule has 1 aromatic rings. The number of aliphatic hydroxyl groups is 1. The molecule has 2 rings (SSSR count). The van der Waals surface area contributed by atoms with Gasteiger partial charge in [0.1, 0.15) is 11.7 Å². The minimum Gasteiger partial charge on any atom is -0.382 e. The molecule has 0 bridgehead atoms. The maximum absolute atomic E-state index is 11.5. The molecule has 1 aromatic heterocycles. The van der Waals surface area contributed by atoms with Crippen molar-refractivity contribution < 1.29 is 14.6 Å². The predicted octanol–water partition coefficient (Wildman–Crippen LogP) is 3.58. The Hall–Kier alpha value is -1.17. The molecule has 0 radical (unpaired) electrons. The Balaban J connectivity index is 2.00. The fraction of sp³-hybridized carbons (Fsp3) is 0.750. The second-order valence-electron chi connectivity index (χ2n) is 7.24. The lowest BCUT2D eigenvalue weighted by Crippen LogP contribution is -2.62. The summed E-state index contributed by atoms with van der Waals surface area (Å²) >= 11 is 0. The van der Waals surface area contributed by atoms with Crippen LogP contribution in [-0.4, -0.2) is 46.2 Å². The van der Waals surface area contributed by atoms with E-state index in [1.165, 1.54) is 32.1 Å². The van der Waals surface area contributed by atoms with E-state index < -0.39 is 5.60 Å². The summed E-state index contributed by atoms with van der Waals surface area (Å²) in [4.78, 5) is 4.08. The zero-order valence-electron chi connectivity index (χ0n) is 15.9. The summed E-state index contributed by atoms with van der Waals surface area (Å²) in [5.74, 6) is 0.136. The van der Waals surface area contributed by atoms with E-state index in [4.69, 9.17) is 9.47 Å². The summed E-state index contributed by atoms with van der Waals surface area (Å²) in [6, 6.07) is 0. The highest BCUT2D eigenvalue weighted by Crippen LogP contribution is 2.34. The maximum Gasteiger partial charge on any atom is 0.138 e. The Morgan fingerprint density at radius 1 is 1.36 bits per heavy atom. The van der Waals surface area contributed by atoms with E-state index in [1.807, 2.05) is 16.8 Å². The molecule has 1 N–H and O–H groups in total. The van der Waals surface area contributed by atoms with Gasteiger partial charge in [0.05, 0.1) is 25.6 Å². The number of methoxy groups -OCH3 is 1. The number of hydrogen-bond donors (Lipinski definition) is 1. The Bertz CT molecular complexity index is 503. The van der Waals surface area contributed by atoms with Gasteiger partial charge in [-0.3, -0.25) is 0 Å². The van der Waals surface area contributed by atoms with Gasteiger partial charge in [0.25, 0.3) is 0 Å². The van der Waals surface area contributed by atoms with Crippen molar-refractivity contribution in [2.45, 2.75) is 76.7 Å². The molecule has 0 aliphatic carbocycles. The molecule has 4 atom stereocenters. The zero-order valence-corrected chi connectivity index (χ0v) is 15.9. The van der Waals surface area contributed by atoms with Crippen LogP contribution in [0.3, 0.4) is 0 Å². The van der Waals surface area contributed by atoms with Crippen LogP contribution >= 0.6 is 0 Å². The van der Waals surface area contributed by atoms with Crippen molar-refractivity contribution in [1.29, 1.82) is 0 Å². The van der Waals surface area contributed by atoms with E-state index in [9.17, 15) is 5.11 Å². The number of imidazole rings is 1. The molecule has 0 amide bonds. The first kappa shape index (κ1) is 20.1. The van der Waals surface area contributed by atoms with Crippen LogP contribution in [0.15, 0.2) is 30.9 Å². The third-order valence-electron chi connectivity index (χ3n) is 5.08. The monoisotopic (exact) mass is 350 g/mol. The van der Waals surface area contributed by atoms with Gasteiger partial charge >= 0.3 is 0 Å². The Labute approximate surface area is 152 Å². The average Bonchev–Trinajstić information content (AvgIpc) is 3.09. The van der Waals surface area contributed by atoms with Crippen LogP contribution in [0.4, 0.5) is 0 Å². The lowest BCUT2D eigenvalue weighted by molar-refractivity contribution is -0.223. The number of allylic oxidation sites excluding steroid dienone is 1. The molecule has 0 aromatic carbocycles. The number of nitrogens with zero attached hydrogens (tertiary/aromatic N) is 2. The number of aromatic nitrogens is 2. The van der Waals surface area contributed by atoms with Crippen LogP contribution in [0, 0.1) is 5.92 Å². The molecule has 142 valence electrons. The standard InChI is InChI=1S/C20H34N2O3/c1-4-5-6-7-8-9-10-11-18-20(23,15-22-13-12-21-16-22)19(24-3)17(2)14-25-18/h10-13,16-19,23H,4-9,14-15H2,1-3H3/t17-,18-,19-,20+/m0/s1. The van der Waals surface area contributed by atoms with Gasteiger partial charge in [0.2, 0.25) is 0 Å². The van der Waals surface area contributed by atoms with Gasteiger partial charge in [-0.1, -0.05) is 51.7 Å². The summed E-state index contributed by atoms with van der Waals surface area (Å²) in [6.07, 6.45) is 16.2. The molecular weight excluding hydrogens is 316 g/mol. The molecule has 0 spiro atoms. The molecular formula is C20H34N2O3. The fourth-order valence-corrected chi connectivity index (χ4v) is 3.74. The van der Waals surface area contributed by atoms with Crippen LogP contribution in [-0.2, 0) is 16.0 Å². The van der Waals surface area contributed by atoms with Crippen molar-refractivity contribution >= 4 is 0 Å². The lowest BCUT2D eigenvalue weighted by atomic mass is 9.80. The van der Waals surface area contributed by atoms with Crippen molar-refractivity contribution in [3.8, 4) is 0 Å². The largest absolute Gasteiger partial charge is 0.382 e. The van der Waals surface area contributed by atoms with Crippen LogP contribution in [0.2, 0.25) is 0 Å². The summed E-state index contributed by atoms with van der Waals surface area (Å²) in [5.41, 5.74) is -1.11. The molecule has 1 aliphatic rings. The summed E-state index contributed by atoms with van der Waals surface area (Å²) in [6.45, 7) is 5.28. The second-order valence-corrected chi connectivity index (χ2v) is 7.24. The van der Waals surface area contributed by atoms with Crippen molar-refractivity contribution in [3.05, 3.63) is 30.9 Å². The van der Waals surface area contributed by atoms with Crippen molar-refractivity contribution in [2.24, 2.45) is 5.92 Å². The molecule has 1 saturated heterocycles. The van der Waals surface area contributed by atoms with Gasteiger partial charge in [-0.05, 0) is 12.8 Å². The van der Waals surface area contributed by atoms with E-state index in [0.29, 0.717) is 13.2 Å². The smallest absolute Gasteiger partial charge is 0.138 e.